The summed E-state index contributed by atoms with van der Waals surface area (Å²) in [5.74, 6) is 1.03. The van der Waals surface area contributed by atoms with Gasteiger partial charge in [0.25, 0.3) is 0 Å². The Hall–Kier alpha value is -1.61. The summed E-state index contributed by atoms with van der Waals surface area (Å²) < 4.78 is 2.09. The molecular weight excluding hydrogens is 308 g/mol. The number of imidazole rings is 1. The van der Waals surface area contributed by atoms with Gasteiger partial charge in [-0.1, -0.05) is 77.6 Å². The van der Waals surface area contributed by atoms with Crippen LogP contribution in [0.2, 0.25) is 16.6 Å². The van der Waals surface area contributed by atoms with Crippen molar-refractivity contribution in [3.63, 3.8) is 0 Å². The topological polar surface area (TPSA) is 17.8 Å². The second-order valence-electron chi connectivity index (χ2n) is 7.75. The summed E-state index contributed by atoms with van der Waals surface area (Å²) in [7, 11) is 0.514. The molecule has 0 fully saturated rings. The second-order valence-corrected chi connectivity index (χ2v) is 13.5. The van der Waals surface area contributed by atoms with Gasteiger partial charge in [0.2, 0.25) is 0 Å². The van der Waals surface area contributed by atoms with E-state index >= 15 is 0 Å². The fourth-order valence-electron chi connectivity index (χ4n) is 4.28. The van der Waals surface area contributed by atoms with Crippen molar-refractivity contribution in [3.8, 4) is 11.4 Å². The van der Waals surface area contributed by atoms with Gasteiger partial charge in [-0.25, -0.2) is 4.98 Å². The molecule has 1 aromatic heterocycles. The Labute approximate surface area is 148 Å². The highest BCUT2D eigenvalue weighted by atomic mass is 28.3. The largest absolute Gasteiger partial charge is 0.334 e. The van der Waals surface area contributed by atoms with Crippen LogP contribution < -0.4 is 0 Å². The normalized spacial score (nSPS) is 12.9. The quantitative estimate of drug-likeness (QED) is 0.563. The lowest BCUT2D eigenvalue weighted by Gasteiger charge is -2.40. The van der Waals surface area contributed by atoms with Crippen molar-refractivity contribution in [3.05, 3.63) is 47.9 Å². The Bertz CT molecular complexity index is 674. The third kappa shape index (κ3) is 3.41. The first-order chi connectivity index (χ1) is 11.3. The lowest BCUT2D eigenvalue weighted by atomic mass is 10.1. The van der Waals surface area contributed by atoms with Gasteiger partial charge in [0.15, 0.2) is 0 Å². The fraction of sp³-hybridized carbons (Fsp3) is 0.476. The molecule has 1 heterocycles. The molecule has 130 valence electrons. The smallest absolute Gasteiger partial charge is 0.140 e. The molecule has 0 N–H and O–H groups in total. The van der Waals surface area contributed by atoms with Gasteiger partial charge >= 0.3 is 0 Å². The highest BCUT2D eigenvalue weighted by Crippen LogP contribution is 2.43. The maximum Gasteiger partial charge on any atom is 0.140 e. The molecule has 0 unspecified atom stereocenters. The summed E-state index contributed by atoms with van der Waals surface area (Å²) in [4.78, 5) is 4.54. The van der Waals surface area contributed by atoms with Crippen LogP contribution in [0.1, 0.15) is 47.1 Å². The lowest BCUT2D eigenvalue weighted by Crippen LogP contribution is -2.42. The van der Waals surface area contributed by atoms with Crippen LogP contribution in [0.4, 0.5) is 0 Å². The third-order valence-electron chi connectivity index (χ3n) is 5.57. The number of rotatable bonds is 6. The Morgan fingerprint density at radius 3 is 2.04 bits per heavy atom. The molecule has 0 radical (unpaired) electrons. The van der Waals surface area contributed by atoms with E-state index in [0.29, 0.717) is 0 Å². The molecule has 0 aliphatic carbocycles. The molecule has 0 saturated carbocycles. The molecule has 0 aliphatic rings. The average Bonchev–Trinajstić information content (AvgIpc) is 2.93. The highest BCUT2D eigenvalue weighted by molar-refractivity contribution is 6.88. The molecule has 24 heavy (non-hydrogen) atoms. The van der Waals surface area contributed by atoms with Crippen LogP contribution in [0, 0.1) is 0 Å². The zero-order valence-corrected chi connectivity index (χ0v) is 17.2. The van der Waals surface area contributed by atoms with E-state index < -0.39 is 8.07 Å². The number of nitrogens with zero attached hydrogens (tertiary/aromatic N) is 2. The number of hydrogen-bond acceptors (Lipinski definition) is 1. The lowest BCUT2D eigenvalue weighted by molar-refractivity contribution is 0.834. The average molecular weight is 341 g/mol. The Kier molecular flexibility index (Phi) is 5.86. The predicted octanol–water partition coefficient (Wildman–Crippen LogP) is 6.32. The van der Waals surface area contributed by atoms with E-state index in [0.717, 1.165) is 22.4 Å². The summed E-state index contributed by atoms with van der Waals surface area (Å²) >= 11 is 0. The van der Waals surface area contributed by atoms with E-state index in [1.54, 1.807) is 0 Å². The molecule has 0 amide bonds. The first kappa shape index (κ1) is 18.7. The SMILES string of the molecule is CC(C)[Si](/C=C/c1ccccc1-c1nccn1C)(C(C)C)C(C)C. The third-order valence-corrected chi connectivity index (χ3v) is 12.3. The van der Waals surface area contributed by atoms with Gasteiger partial charge in [-0.3, -0.25) is 0 Å². The number of aryl methyl sites for hydroxylation is 1. The Morgan fingerprint density at radius 2 is 1.54 bits per heavy atom. The number of aromatic nitrogens is 2. The fourth-order valence-corrected chi connectivity index (χ4v) is 9.91. The van der Waals surface area contributed by atoms with E-state index in [1.807, 2.05) is 12.4 Å². The van der Waals surface area contributed by atoms with Crippen molar-refractivity contribution in [2.45, 2.75) is 58.2 Å². The van der Waals surface area contributed by atoms with Crippen LogP contribution in [0.5, 0.6) is 0 Å². The zero-order chi connectivity index (χ0) is 17.9. The maximum absolute atomic E-state index is 4.54. The van der Waals surface area contributed by atoms with E-state index in [2.05, 4.69) is 94.2 Å². The maximum atomic E-state index is 4.54. The second kappa shape index (κ2) is 7.52. The summed E-state index contributed by atoms with van der Waals surface area (Å²) in [5, 5.41) is 0. The van der Waals surface area contributed by atoms with Gasteiger partial charge in [-0.05, 0) is 22.2 Å². The summed E-state index contributed by atoms with van der Waals surface area (Å²) in [6.45, 7) is 14.4. The number of benzene rings is 1. The molecule has 0 spiro atoms. The molecule has 0 saturated heterocycles. The monoisotopic (exact) mass is 340 g/mol. The van der Waals surface area contributed by atoms with E-state index in [1.165, 1.54) is 11.1 Å². The van der Waals surface area contributed by atoms with Crippen molar-refractivity contribution in [2.75, 3.05) is 0 Å². The van der Waals surface area contributed by atoms with Gasteiger partial charge in [-0.2, -0.15) is 0 Å². The highest BCUT2D eigenvalue weighted by Gasteiger charge is 2.40. The molecule has 1 aromatic carbocycles. The van der Waals surface area contributed by atoms with E-state index in [-0.39, 0.29) is 0 Å². The molecule has 2 nitrogen and oxygen atoms in total. The van der Waals surface area contributed by atoms with Crippen molar-refractivity contribution in [2.24, 2.45) is 7.05 Å². The van der Waals surface area contributed by atoms with Gasteiger partial charge in [0, 0.05) is 25.0 Å². The molecule has 2 aromatic rings. The minimum absolute atomic E-state index is 0.731. The minimum atomic E-state index is -1.54. The van der Waals surface area contributed by atoms with Gasteiger partial charge in [0.1, 0.15) is 5.82 Å². The van der Waals surface area contributed by atoms with Crippen molar-refractivity contribution < 1.29 is 0 Å². The molecule has 3 heteroatoms. The summed E-state index contributed by atoms with van der Waals surface area (Å²) in [6, 6.07) is 8.60. The van der Waals surface area contributed by atoms with Gasteiger partial charge in [-0.15, -0.1) is 0 Å². The zero-order valence-electron chi connectivity index (χ0n) is 16.2. The minimum Gasteiger partial charge on any atom is -0.334 e. The Morgan fingerprint density at radius 1 is 0.958 bits per heavy atom. The van der Waals surface area contributed by atoms with Gasteiger partial charge in [0.05, 0.1) is 8.07 Å². The van der Waals surface area contributed by atoms with Crippen LogP contribution in [-0.2, 0) is 7.05 Å². The van der Waals surface area contributed by atoms with Crippen LogP contribution in [-0.4, -0.2) is 17.6 Å². The van der Waals surface area contributed by atoms with Crippen molar-refractivity contribution >= 4 is 14.1 Å². The van der Waals surface area contributed by atoms with Crippen LogP contribution in [0.3, 0.4) is 0 Å². The summed E-state index contributed by atoms with van der Waals surface area (Å²) in [5.41, 5.74) is 7.26. The molecular formula is C21H32N2Si. The first-order valence-corrected chi connectivity index (χ1v) is 11.4. The molecule has 0 aliphatic heterocycles. The predicted molar refractivity (Wildman–Crippen MR) is 109 cm³/mol. The van der Waals surface area contributed by atoms with Crippen molar-refractivity contribution in [1.29, 1.82) is 0 Å². The van der Waals surface area contributed by atoms with Crippen molar-refractivity contribution in [1.82, 2.24) is 9.55 Å². The standard InChI is InChI=1S/C21H32N2Si/c1-16(2)24(17(3)4,18(5)6)15-12-19-10-8-9-11-20(19)21-22-13-14-23(21)7/h8-18H,1-7H3/b15-12+. The van der Waals surface area contributed by atoms with Crippen LogP contribution in [0.15, 0.2) is 42.4 Å². The first-order valence-electron chi connectivity index (χ1n) is 9.06. The summed E-state index contributed by atoms with van der Waals surface area (Å²) in [6.07, 6.45) is 6.24. The van der Waals surface area contributed by atoms with Gasteiger partial charge < -0.3 is 4.57 Å². The van der Waals surface area contributed by atoms with E-state index in [9.17, 15) is 0 Å². The van der Waals surface area contributed by atoms with E-state index in [4.69, 9.17) is 0 Å². The molecule has 0 atom stereocenters. The number of hydrogen-bond donors (Lipinski definition) is 0. The Balaban J connectivity index is 2.50. The van der Waals surface area contributed by atoms with Crippen LogP contribution in [0.25, 0.3) is 17.5 Å². The molecule has 2 rings (SSSR count). The molecule has 0 bridgehead atoms. The van der Waals surface area contributed by atoms with Crippen LogP contribution >= 0.6 is 0 Å².